The fraction of sp³-hybridized carbons (Fsp3) is 0.937. The first kappa shape index (κ1) is 80.1. The van der Waals surface area contributed by atoms with Crippen LogP contribution in [0.25, 0.3) is 0 Å². The minimum absolute atomic E-state index is 0.106. The maximum Gasteiger partial charge on any atom is 0.472 e. The van der Waals surface area contributed by atoms with Crippen molar-refractivity contribution in [3.05, 3.63) is 0 Å². The summed E-state index contributed by atoms with van der Waals surface area (Å²) in [6.45, 7) is 4.79. The maximum absolute atomic E-state index is 13.0. The highest BCUT2D eigenvalue weighted by Gasteiger charge is 2.30. The molecule has 0 saturated carbocycles. The van der Waals surface area contributed by atoms with Gasteiger partial charge in [0.05, 0.1) is 26.4 Å². The number of unbranched alkanes of at least 4 members (excludes halogenated alkanes) is 38. The lowest BCUT2D eigenvalue weighted by atomic mass is 10.0. The first-order valence-corrected chi connectivity index (χ1v) is 36.3. The van der Waals surface area contributed by atoms with E-state index in [1.54, 1.807) is 0 Å². The van der Waals surface area contributed by atoms with Crippen molar-refractivity contribution in [3.63, 3.8) is 0 Å². The lowest BCUT2D eigenvalue weighted by Crippen LogP contribution is -2.30. The molecule has 19 heteroatoms. The lowest BCUT2D eigenvalue weighted by Gasteiger charge is -2.21. The number of phosphoric ester groups is 2. The Morgan fingerprint density at radius 3 is 0.720 bits per heavy atom. The topological polar surface area (TPSA) is 237 Å². The molecular formula is C63H122O17P2. The van der Waals surface area contributed by atoms with Gasteiger partial charge in [-0.2, -0.15) is 0 Å². The summed E-state index contributed by atoms with van der Waals surface area (Å²) in [6, 6.07) is 0. The highest BCUT2D eigenvalue weighted by atomic mass is 31.2. The number of esters is 4. The van der Waals surface area contributed by atoms with Gasteiger partial charge in [0.2, 0.25) is 0 Å². The predicted molar refractivity (Wildman–Crippen MR) is 326 cm³/mol. The Balaban J connectivity index is 5.13. The van der Waals surface area contributed by atoms with Crippen LogP contribution < -0.4 is 0 Å². The van der Waals surface area contributed by atoms with E-state index in [1.807, 2.05) is 0 Å². The molecule has 0 bridgehead atoms. The molecule has 0 aliphatic carbocycles. The molecule has 0 aromatic carbocycles. The van der Waals surface area contributed by atoms with Crippen LogP contribution in [-0.4, -0.2) is 96.7 Å². The van der Waals surface area contributed by atoms with E-state index in [1.165, 1.54) is 148 Å². The minimum Gasteiger partial charge on any atom is -0.462 e. The van der Waals surface area contributed by atoms with Crippen molar-refractivity contribution in [3.8, 4) is 0 Å². The summed E-state index contributed by atoms with van der Waals surface area (Å²) in [5.41, 5.74) is 0. The molecule has 0 heterocycles. The van der Waals surface area contributed by atoms with Crippen LogP contribution >= 0.6 is 15.6 Å². The molecule has 0 aromatic rings. The molecule has 0 aliphatic heterocycles. The summed E-state index contributed by atoms with van der Waals surface area (Å²) >= 11 is 0. The van der Waals surface area contributed by atoms with Crippen LogP contribution in [0.4, 0.5) is 0 Å². The highest BCUT2D eigenvalue weighted by molar-refractivity contribution is 7.47. The zero-order valence-electron chi connectivity index (χ0n) is 52.5. The SMILES string of the molecule is CCCCCCCCCCCCCCCCCCCC(=O)O[C@H](COC(=O)CCCCCCCCCCCC)COP(=O)(O)OC[C@@H](O)COP(=O)(O)OC[C@@H](COC(=O)CCCCCCC)OC(=O)CCCCCCCCCCCC. The van der Waals surface area contributed by atoms with Crippen LogP contribution in [0.15, 0.2) is 0 Å². The van der Waals surface area contributed by atoms with E-state index in [9.17, 15) is 43.2 Å². The number of phosphoric acid groups is 2. The van der Waals surface area contributed by atoms with Gasteiger partial charge in [0.25, 0.3) is 0 Å². The van der Waals surface area contributed by atoms with Crippen LogP contribution in [-0.2, 0) is 65.4 Å². The van der Waals surface area contributed by atoms with E-state index in [0.717, 1.165) is 96.3 Å². The fourth-order valence-electron chi connectivity index (χ4n) is 9.46. The monoisotopic (exact) mass is 1210 g/mol. The molecule has 0 fully saturated rings. The molecule has 3 N–H and O–H groups in total. The summed E-state index contributed by atoms with van der Waals surface area (Å²) in [5.74, 6) is -2.14. The third kappa shape index (κ3) is 57.2. The molecule has 0 aliphatic rings. The second kappa shape index (κ2) is 58.1. The normalized spacial score (nSPS) is 14.2. The quantitative estimate of drug-likeness (QED) is 0.0222. The van der Waals surface area contributed by atoms with Gasteiger partial charge in [-0.15, -0.1) is 0 Å². The molecule has 0 aromatic heterocycles. The number of carbonyl (C=O) groups is 4. The molecular weight excluding hydrogens is 1090 g/mol. The number of hydrogen-bond donors (Lipinski definition) is 3. The van der Waals surface area contributed by atoms with Crippen LogP contribution in [0.2, 0.25) is 0 Å². The minimum atomic E-state index is -4.94. The van der Waals surface area contributed by atoms with Crippen LogP contribution in [0.3, 0.4) is 0 Å². The molecule has 0 radical (unpaired) electrons. The number of rotatable bonds is 64. The van der Waals surface area contributed by atoms with Gasteiger partial charge in [-0.05, 0) is 25.7 Å². The van der Waals surface area contributed by atoms with Crippen molar-refractivity contribution in [2.45, 2.75) is 341 Å². The van der Waals surface area contributed by atoms with Crippen LogP contribution in [0.1, 0.15) is 323 Å². The van der Waals surface area contributed by atoms with E-state index >= 15 is 0 Å². The second-order valence-corrected chi connectivity index (χ2v) is 25.7. The van der Waals surface area contributed by atoms with E-state index in [-0.39, 0.29) is 25.7 Å². The average molecular weight is 1210 g/mol. The molecule has 17 nitrogen and oxygen atoms in total. The van der Waals surface area contributed by atoms with E-state index < -0.39 is 97.5 Å². The zero-order chi connectivity index (χ0) is 60.5. The maximum atomic E-state index is 13.0. The van der Waals surface area contributed by atoms with E-state index in [4.69, 9.17) is 37.0 Å². The largest absolute Gasteiger partial charge is 0.472 e. The smallest absolute Gasteiger partial charge is 0.462 e. The number of aliphatic hydroxyl groups is 1. The van der Waals surface area contributed by atoms with Gasteiger partial charge in [-0.1, -0.05) is 272 Å². The summed E-state index contributed by atoms with van der Waals surface area (Å²) in [6.07, 6.45) is 43.4. The molecule has 2 unspecified atom stereocenters. The average Bonchev–Trinajstić information content (AvgIpc) is 3.46. The first-order valence-electron chi connectivity index (χ1n) is 33.3. The summed E-state index contributed by atoms with van der Waals surface area (Å²) in [7, 11) is -9.87. The van der Waals surface area contributed by atoms with Gasteiger partial charge in [0.15, 0.2) is 12.2 Å². The number of carbonyl (C=O) groups excluding carboxylic acids is 4. The third-order valence-corrected chi connectivity index (χ3v) is 16.5. The van der Waals surface area contributed by atoms with Crippen molar-refractivity contribution >= 4 is 39.5 Å². The van der Waals surface area contributed by atoms with Gasteiger partial charge in [-0.3, -0.25) is 37.3 Å². The fourth-order valence-corrected chi connectivity index (χ4v) is 11.0. The summed E-state index contributed by atoms with van der Waals surface area (Å²) < 4.78 is 67.7. The number of aliphatic hydroxyl groups excluding tert-OH is 1. The Morgan fingerprint density at radius 1 is 0.293 bits per heavy atom. The van der Waals surface area contributed by atoms with Gasteiger partial charge >= 0.3 is 39.5 Å². The molecule has 5 atom stereocenters. The van der Waals surface area contributed by atoms with Crippen molar-refractivity contribution in [1.82, 2.24) is 0 Å². The summed E-state index contributed by atoms with van der Waals surface area (Å²) in [5, 5.41) is 10.5. The lowest BCUT2D eigenvalue weighted by molar-refractivity contribution is -0.161. The molecule has 0 rings (SSSR count). The number of ether oxygens (including phenoxy) is 4. The van der Waals surface area contributed by atoms with Crippen LogP contribution in [0, 0.1) is 0 Å². The predicted octanol–water partition coefficient (Wildman–Crippen LogP) is 17.5. The Labute approximate surface area is 498 Å². The second-order valence-electron chi connectivity index (χ2n) is 22.8. The number of hydrogen-bond acceptors (Lipinski definition) is 15. The van der Waals surface area contributed by atoms with E-state index in [0.29, 0.717) is 25.7 Å². The van der Waals surface area contributed by atoms with Gasteiger partial charge in [0, 0.05) is 25.7 Å². The molecule has 0 amide bonds. The van der Waals surface area contributed by atoms with Crippen molar-refractivity contribution in [1.29, 1.82) is 0 Å². The Kier molecular flexibility index (Phi) is 56.7. The Hall–Kier alpha value is -1.94. The molecule has 0 saturated heterocycles. The Bertz CT molecular complexity index is 1590. The van der Waals surface area contributed by atoms with Gasteiger partial charge in [0.1, 0.15) is 19.3 Å². The molecule has 0 spiro atoms. The first-order chi connectivity index (χ1) is 39.7. The van der Waals surface area contributed by atoms with Gasteiger partial charge < -0.3 is 33.8 Å². The Morgan fingerprint density at radius 2 is 0.488 bits per heavy atom. The van der Waals surface area contributed by atoms with Crippen molar-refractivity contribution in [2.24, 2.45) is 0 Å². The van der Waals surface area contributed by atoms with Crippen molar-refractivity contribution in [2.75, 3.05) is 39.6 Å². The zero-order valence-corrected chi connectivity index (χ0v) is 54.2. The molecule has 82 heavy (non-hydrogen) atoms. The summed E-state index contributed by atoms with van der Waals surface area (Å²) in [4.78, 5) is 71.9. The standard InChI is InChI=1S/C63H122O17P2/c1-5-9-13-17-20-23-26-27-28-29-30-31-32-35-38-42-46-50-63(68)80-59(54-74-61(66)48-44-40-36-33-24-21-18-14-10-6-2)56-78-82(71,72)76-52-57(64)51-75-81(69,70)77-55-58(53-73-60(65)47-43-39-16-12-8-4)79-62(67)49-45-41-37-34-25-22-19-15-11-7-3/h57-59,64H,5-56H2,1-4H3,(H,69,70)(H,71,72)/t57-,58+,59+/m0/s1. The molecule has 486 valence electrons. The van der Waals surface area contributed by atoms with Gasteiger partial charge in [-0.25, -0.2) is 9.13 Å². The van der Waals surface area contributed by atoms with Crippen LogP contribution in [0.5, 0.6) is 0 Å². The highest BCUT2D eigenvalue weighted by Crippen LogP contribution is 2.45. The third-order valence-electron chi connectivity index (χ3n) is 14.6. The van der Waals surface area contributed by atoms with Crippen molar-refractivity contribution < 1.29 is 80.2 Å². The van der Waals surface area contributed by atoms with E-state index in [2.05, 4.69) is 27.7 Å².